The molecule has 1 fully saturated rings. The number of nitrogens with one attached hydrogen (secondary N) is 2. The molecule has 2 aromatic rings. The number of hydrogen-bond acceptors (Lipinski definition) is 4. The van der Waals surface area contributed by atoms with Gasteiger partial charge in [-0.25, -0.2) is 4.99 Å². The third-order valence-corrected chi connectivity index (χ3v) is 5.91. The standard InChI is InChI=1S/C24H31N3O3.HI/c1-3-25-23(26-15-19-6-4-18(2)5-7-19)27-16-24(10-12-28-13-11-24)20-8-9-21-22(14-20)30-17-29-21;/h4-9,14H,3,10-13,15-17H2,1-2H3,(H2,25,26,27);1H. The number of ether oxygens (including phenoxy) is 3. The molecule has 4 rings (SSSR count). The zero-order valence-corrected chi connectivity index (χ0v) is 20.6. The van der Waals surface area contributed by atoms with Crippen molar-refractivity contribution in [2.45, 2.75) is 38.6 Å². The fourth-order valence-corrected chi connectivity index (χ4v) is 4.01. The monoisotopic (exact) mass is 537 g/mol. The number of aliphatic imine (C=N–C) groups is 1. The van der Waals surface area contributed by atoms with E-state index in [1.165, 1.54) is 16.7 Å². The highest BCUT2D eigenvalue weighted by molar-refractivity contribution is 14.0. The number of aryl methyl sites for hydroxylation is 1. The third kappa shape index (κ3) is 5.83. The van der Waals surface area contributed by atoms with Gasteiger partial charge in [-0.1, -0.05) is 35.9 Å². The Morgan fingerprint density at radius 3 is 2.48 bits per heavy atom. The van der Waals surface area contributed by atoms with Crippen LogP contribution in [0.3, 0.4) is 0 Å². The molecule has 0 amide bonds. The number of benzene rings is 2. The average Bonchev–Trinajstić information content (AvgIpc) is 3.25. The van der Waals surface area contributed by atoms with Gasteiger partial charge in [0.1, 0.15) is 0 Å². The molecule has 2 aliphatic rings. The van der Waals surface area contributed by atoms with E-state index in [1.54, 1.807) is 0 Å². The zero-order chi connectivity index (χ0) is 20.8. The van der Waals surface area contributed by atoms with Gasteiger partial charge in [-0.05, 0) is 49.9 Å². The Kier molecular flexibility index (Phi) is 8.43. The topological polar surface area (TPSA) is 64.1 Å². The summed E-state index contributed by atoms with van der Waals surface area (Å²) >= 11 is 0. The van der Waals surface area contributed by atoms with E-state index in [1.807, 2.05) is 6.07 Å². The van der Waals surface area contributed by atoms with E-state index in [2.05, 4.69) is 60.9 Å². The van der Waals surface area contributed by atoms with Gasteiger partial charge in [-0.3, -0.25) is 0 Å². The molecule has 0 unspecified atom stereocenters. The van der Waals surface area contributed by atoms with Gasteiger partial charge in [0, 0.05) is 31.7 Å². The Morgan fingerprint density at radius 2 is 1.74 bits per heavy atom. The maximum atomic E-state index is 5.68. The van der Waals surface area contributed by atoms with Crippen LogP contribution < -0.4 is 20.1 Å². The molecule has 6 nitrogen and oxygen atoms in total. The van der Waals surface area contributed by atoms with E-state index in [-0.39, 0.29) is 29.4 Å². The molecule has 2 N–H and O–H groups in total. The van der Waals surface area contributed by atoms with Crippen molar-refractivity contribution in [3.05, 3.63) is 59.2 Å². The first-order valence-electron chi connectivity index (χ1n) is 10.7. The van der Waals surface area contributed by atoms with Crippen LogP contribution in [-0.2, 0) is 16.7 Å². The summed E-state index contributed by atoms with van der Waals surface area (Å²) < 4.78 is 16.8. The van der Waals surface area contributed by atoms with Crippen LogP contribution in [0.1, 0.15) is 36.5 Å². The number of rotatable bonds is 6. The molecule has 0 spiro atoms. The van der Waals surface area contributed by atoms with Crippen molar-refractivity contribution in [2.75, 3.05) is 33.1 Å². The second kappa shape index (κ2) is 11.0. The molecule has 31 heavy (non-hydrogen) atoms. The van der Waals surface area contributed by atoms with Gasteiger partial charge < -0.3 is 24.8 Å². The number of nitrogens with zero attached hydrogens (tertiary/aromatic N) is 1. The van der Waals surface area contributed by atoms with E-state index >= 15 is 0 Å². The van der Waals surface area contributed by atoms with Crippen molar-refractivity contribution in [3.63, 3.8) is 0 Å². The third-order valence-electron chi connectivity index (χ3n) is 5.91. The van der Waals surface area contributed by atoms with Crippen LogP contribution in [0.2, 0.25) is 0 Å². The second-order valence-electron chi connectivity index (χ2n) is 8.00. The number of guanidine groups is 1. The van der Waals surface area contributed by atoms with Crippen LogP contribution >= 0.6 is 24.0 Å². The Morgan fingerprint density at radius 1 is 1.00 bits per heavy atom. The Bertz CT molecular complexity index is 880. The minimum Gasteiger partial charge on any atom is -0.454 e. The Labute approximate surface area is 201 Å². The van der Waals surface area contributed by atoms with Gasteiger partial charge in [-0.15, -0.1) is 24.0 Å². The van der Waals surface area contributed by atoms with Crippen molar-refractivity contribution in [3.8, 4) is 11.5 Å². The van der Waals surface area contributed by atoms with Crippen molar-refractivity contribution in [2.24, 2.45) is 4.99 Å². The van der Waals surface area contributed by atoms with Gasteiger partial charge in [0.25, 0.3) is 0 Å². The lowest BCUT2D eigenvalue weighted by Crippen LogP contribution is -2.48. The summed E-state index contributed by atoms with van der Waals surface area (Å²) in [6, 6.07) is 14.8. The van der Waals surface area contributed by atoms with Crippen molar-refractivity contribution >= 4 is 29.9 Å². The van der Waals surface area contributed by atoms with Crippen LogP contribution in [0.4, 0.5) is 0 Å². The van der Waals surface area contributed by atoms with E-state index in [9.17, 15) is 0 Å². The summed E-state index contributed by atoms with van der Waals surface area (Å²) in [7, 11) is 0. The molecule has 168 valence electrons. The molecular formula is C24H32IN3O3. The highest BCUT2D eigenvalue weighted by Crippen LogP contribution is 2.40. The first kappa shape index (κ1) is 23.7. The van der Waals surface area contributed by atoms with Gasteiger partial charge in [0.05, 0.1) is 6.54 Å². The minimum absolute atomic E-state index is 0. The largest absolute Gasteiger partial charge is 0.454 e. The fourth-order valence-electron chi connectivity index (χ4n) is 4.01. The van der Waals surface area contributed by atoms with Crippen LogP contribution in [0.15, 0.2) is 47.5 Å². The molecule has 0 saturated carbocycles. The molecule has 2 heterocycles. The van der Waals surface area contributed by atoms with E-state index < -0.39 is 0 Å². The van der Waals surface area contributed by atoms with Crippen LogP contribution in [0.25, 0.3) is 0 Å². The summed E-state index contributed by atoms with van der Waals surface area (Å²) in [5.41, 5.74) is 3.70. The second-order valence-corrected chi connectivity index (χ2v) is 8.00. The zero-order valence-electron chi connectivity index (χ0n) is 18.3. The maximum absolute atomic E-state index is 5.68. The van der Waals surface area contributed by atoms with E-state index in [0.717, 1.165) is 56.6 Å². The normalized spacial score (nSPS) is 17.0. The van der Waals surface area contributed by atoms with Crippen LogP contribution in [0.5, 0.6) is 11.5 Å². The molecule has 1 saturated heterocycles. The van der Waals surface area contributed by atoms with Crippen LogP contribution in [-0.4, -0.2) is 39.1 Å². The minimum atomic E-state index is -0.0285. The summed E-state index contributed by atoms with van der Waals surface area (Å²) in [5.74, 6) is 2.49. The molecule has 0 bridgehead atoms. The first-order valence-corrected chi connectivity index (χ1v) is 10.7. The number of hydrogen-bond donors (Lipinski definition) is 2. The molecule has 0 atom stereocenters. The maximum Gasteiger partial charge on any atom is 0.231 e. The number of fused-ring (bicyclic) bond motifs is 1. The molecule has 2 aliphatic heterocycles. The van der Waals surface area contributed by atoms with Gasteiger partial charge in [0.15, 0.2) is 17.5 Å². The highest BCUT2D eigenvalue weighted by Gasteiger charge is 2.35. The van der Waals surface area contributed by atoms with Crippen LogP contribution in [0, 0.1) is 6.92 Å². The van der Waals surface area contributed by atoms with Gasteiger partial charge in [0.2, 0.25) is 6.79 Å². The summed E-state index contributed by atoms with van der Waals surface area (Å²) in [6.07, 6.45) is 1.91. The first-order chi connectivity index (χ1) is 14.7. The molecule has 0 aliphatic carbocycles. The average molecular weight is 537 g/mol. The Hall–Kier alpha value is -2.00. The number of halogens is 1. The molecule has 0 aromatic heterocycles. The Balaban J connectivity index is 0.00000272. The van der Waals surface area contributed by atoms with E-state index in [4.69, 9.17) is 19.2 Å². The quantitative estimate of drug-likeness (QED) is 0.330. The molecular weight excluding hydrogens is 505 g/mol. The predicted octanol–water partition coefficient (Wildman–Crippen LogP) is 4.15. The highest BCUT2D eigenvalue weighted by atomic mass is 127. The molecule has 7 heteroatoms. The van der Waals surface area contributed by atoms with Crippen molar-refractivity contribution in [1.82, 2.24) is 10.6 Å². The smallest absolute Gasteiger partial charge is 0.231 e. The summed E-state index contributed by atoms with van der Waals surface area (Å²) in [4.78, 5) is 4.80. The lowest BCUT2D eigenvalue weighted by atomic mass is 9.74. The lowest BCUT2D eigenvalue weighted by Gasteiger charge is -2.38. The SMILES string of the molecule is CCNC(=NCc1ccc(C)cc1)NCC1(c2ccc3c(c2)OCO3)CCOCC1.I. The van der Waals surface area contributed by atoms with E-state index in [0.29, 0.717) is 13.3 Å². The van der Waals surface area contributed by atoms with Crippen molar-refractivity contribution < 1.29 is 14.2 Å². The van der Waals surface area contributed by atoms with Crippen molar-refractivity contribution in [1.29, 1.82) is 0 Å². The predicted molar refractivity (Wildman–Crippen MR) is 134 cm³/mol. The summed E-state index contributed by atoms with van der Waals surface area (Å²) in [6.45, 7) is 8.25. The van der Waals surface area contributed by atoms with Gasteiger partial charge >= 0.3 is 0 Å². The summed E-state index contributed by atoms with van der Waals surface area (Å²) in [5, 5.41) is 6.97. The lowest BCUT2D eigenvalue weighted by molar-refractivity contribution is 0.0513. The molecule has 0 radical (unpaired) electrons. The molecule has 2 aromatic carbocycles. The fraction of sp³-hybridized carbons (Fsp3) is 0.458. The van der Waals surface area contributed by atoms with Gasteiger partial charge in [-0.2, -0.15) is 0 Å².